The van der Waals surface area contributed by atoms with Gasteiger partial charge < -0.3 is 11.1 Å². The van der Waals surface area contributed by atoms with Gasteiger partial charge in [0.1, 0.15) is 0 Å². The standard InChI is InChI=1S/C12H19BrN2OS/c1-2-3-4-10(14)12(16)15-8-7-9-5-6-11(13)17-9/h5-6,10H,2-4,7-8,14H2,1H3,(H,15,16)/t10-/m0/s1. The van der Waals surface area contributed by atoms with Gasteiger partial charge in [0.05, 0.1) is 9.83 Å². The molecule has 3 N–H and O–H groups in total. The number of nitrogens with one attached hydrogen (secondary N) is 1. The number of unbranched alkanes of at least 4 members (excludes halogenated alkanes) is 1. The summed E-state index contributed by atoms with van der Waals surface area (Å²) in [5, 5.41) is 2.88. The third-order valence-corrected chi connectivity index (χ3v) is 4.19. The molecule has 0 radical (unpaired) electrons. The molecular weight excluding hydrogens is 300 g/mol. The molecule has 3 nitrogen and oxygen atoms in total. The summed E-state index contributed by atoms with van der Waals surface area (Å²) in [6.07, 6.45) is 3.71. The van der Waals surface area contributed by atoms with Gasteiger partial charge in [-0.05, 0) is 40.9 Å². The Hall–Kier alpha value is -0.390. The third kappa shape index (κ3) is 5.66. The van der Waals surface area contributed by atoms with Crippen molar-refractivity contribution in [1.82, 2.24) is 5.32 Å². The molecule has 0 aliphatic rings. The van der Waals surface area contributed by atoms with Crippen LogP contribution < -0.4 is 11.1 Å². The molecule has 17 heavy (non-hydrogen) atoms. The van der Waals surface area contributed by atoms with E-state index in [4.69, 9.17) is 5.73 Å². The lowest BCUT2D eigenvalue weighted by Crippen LogP contribution is -2.41. The molecule has 5 heteroatoms. The van der Waals surface area contributed by atoms with Crippen LogP contribution in [0.5, 0.6) is 0 Å². The number of thiophene rings is 1. The molecule has 1 heterocycles. The Kier molecular flexibility index (Phi) is 6.77. The Morgan fingerprint density at radius 2 is 2.35 bits per heavy atom. The fraction of sp³-hybridized carbons (Fsp3) is 0.583. The minimum Gasteiger partial charge on any atom is -0.354 e. The zero-order chi connectivity index (χ0) is 12.7. The van der Waals surface area contributed by atoms with E-state index in [1.807, 2.05) is 6.07 Å². The van der Waals surface area contributed by atoms with E-state index in [1.54, 1.807) is 11.3 Å². The quantitative estimate of drug-likeness (QED) is 0.812. The van der Waals surface area contributed by atoms with Gasteiger partial charge in [-0.2, -0.15) is 0 Å². The molecule has 96 valence electrons. The topological polar surface area (TPSA) is 55.1 Å². The minimum absolute atomic E-state index is 0.0333. The average Bonchev–Trinajstić information content (AvgIpc) is 2.71. The van der Waals surface area contributed by atoms with E-state index in [9.17, 15) is 4.79 Å². The van der Waals surface area contributed by atoms with Gasteiger partial charge in [-0.1, -0.05) is 19.8 Å². The lowest BCUT2D eigenvalue weighted by Gasteiger charge is -2.11. The highest BCUT2D eigenvalue weighted by atomic mass is 79.9. The molecule has 0 fully saturated rings. The van der Waals surface area contributed by atoms with Crippen LogP contribution >= 0.6 is 27.3 Å². The minimum atomic E-state index is -0.356. The predicted molar refractivity (Wildman–Crippen MR) is 76.2 cm³/mol. The van der Waals surface area contributed by atoms with Crippen molar-refractivity contribution in [2.24, 2.45) is 5.73 Å². The van der Waals surface area contributed by atoms with Crippen LogP contribution in [0.4, 0.5) is 0 Å². The first kappa shape index (κ1) is 14.7. The third-order valence-electron chi connectivity index (χ3n) is 2.50. The summed E-state index contributed by atoms with van der Waals surface area (Å²) in [5.74, 6) is -0.0333. The maximum Gasteiger partial charge on any atom is 0.236 e. The maximum atomic E-state index is 11.6. The first-order chi connectivity index (χ1) is 8.13. The smallest absolute Gasteiger partial charge is 0.236 e. The molecule has 1 amide bonds. The molecule has 0 aliphatic carbocycles. The van der Waals surface area contributed by atoms with Gasteiger partial charge in [-0.25, -0.2) is 0 Å². The zero-order valence-electron chi connectivity index (χ0n) is 10.0. The number of halogens is 1. The van der Waals surface area contributed by atoms with Crippen molar-refractivity contribution >= 4 is 33.2 Å². The molecule has 0 bridgehead atoms. The van der Waals surface area contributed by atoms with Gasteiger partial charge in [0.2, 0.25) is 5.91 Å². The van der Waals surface area contributed by atoms with Crippen molar-refractivity contribution < 1.29 is 4.79 Å². The van der Waals surface area contributed by atoms with Crippen LogP contribution in [0.25, 0.3) is 0 Å². The van der Waals surface area contributed by atoms with Crippen LogP contribution in [0.15, 0.2) is 15.9 Å². The highest BCUT2D eigenvalue weighted by Gasteiger charge is 2.11. The molecule has 0 aliphatic heterocycles. The van der Waals surface area contributed by atoms with Crippen molar-refractivity contribution in [2.45, 2.75) is 38.6 Å². The second-order valence-corrected chi connectivity index (χ2v) is 6.54. The summed E-state index contributed by atoms with van der Waals surface area (Å²) in [5.41, 5.74) is 5.77. The fourth-order valence-electron chi connectivity index (χ4n) is 1.48. The van der Waals surface area contributed by atoms with Crippen molar-refractivity contribution in [3.8, 4) is 0 Å². The number of hydrogen-bond donors (Lipinski definition) is 2. The van der Waals surface area contributed by atoms with Gasteiger partial charge in [-0.15, -0.1) is 11.3 Å². The van der Waals surface area contributed by atoms with Crippen LogP contribution in [-0.2, 0) is 11.2 Å². The van der Waals surface area contributed by atoms with Crippen molar-refractivity contribution in [3.63, 3.8) is 0 Å². The number of amides is 1. The summed E-state index contributed by atoms with van der Waals surface area (Å²) in [4.78, 5) is 12.9. The van der Waals surface area contributed by atoms with Crippen molar-refractivity contribution in [1.29, 1.82) is 0 Å². The highest BCUT2D eigenvalue weighted by molar-refractivity contribution is 9.11. The fourth-order valence-corrected chi connectivity index (χ4v) is 2.96. The monoisotopic (exact) mass is 318 g/mol. The second-order valence-electron chi connectivity index (χ2n) is 4.00. The Bertz CT molecular complexity index is 354. The molecule has 0 aromatic carbocycles. The van der Waals surface area contributed by atoms with E-state index in [0.29, 0.717) is 6.54 Å². The largest absolute Gasteiger partial charge is 0.354 e. The van der Waals surface area contributed by atoms with E-state index in [0.717, 1.165) is 29.5 Å². The zero-order valence-corrected chi connectivity index (χ0v) is 12.4. The van der Waals surface area contributed by atoms with Crippen molar-refractivity contribution in [2.75, 3.05) is 6.54 Å². The molecule has 0 saturated carbocycles. The van der Waals surface area contributed by atoms with Crippen LogP contribution in [0, 0.1) is 0 Å². The Morgan fingerprint density at radius 1 is 1.59 bits per heavy atom. The number of carbonyl (C=O) groups excluding carboxylic acids is 1. The van der Waals surface area contributed by atoms with Crippen LogP contribution in [0.2, 0.25) is 0 Å². The Balaban J connectivity index is 2.19. The van der Waals surface area contributed by atoms with E-state index in [1.165, 1.54) is 4.88 Å². The van der Waals surface area contributed by atoms with Crippen LogP contribution in [0.1, 0.15) is 31.1 Å². The first-order valence-electron chi connectivity index (χ1n) is 5.91. The summed E-state index contributed by atoms with van der Waals surface area (Å²) < 4.78 is 1.12. The first-order valence-corrected chi connectivity index (χ1v) is 7.52. The molecule has 1 rings (SSSR count). The molecule has 1 aromatic rings. The second kappa shape index (κ2) is 7.84. The van der Waals surface area contributed by atoms with Crippen molar-refractivity contribution in [3.05, 3.63) is 20.8 Å². The normalized spacial score (nSPS) is 12.4. The molecular formula is C12H19BrN2OS. The van der Waals surface area contributed by atoms with Gasteiger partial charge in [0.25, 0.3) is 0 Å². The van der Waals surface area contributed by atoms with E-state index in [2.05, 4.69) is 34.2 Å². The van der Waals surface area contributed by atoms with E-state index < -0.39 is 0 Å². The molecule has 0 spiro atoms. The van der Waals surface area contributed by atoms with E-state index >= 15 is 0 Å². The highest BCUT2D eigenvalue weighted by Crippen LogP contribution is 2.21. The number of rotatable bonds is 7. The van der Waals surface area contributed by atoms with Gasteiger partial charge in [-0.3, -0.25) is 4.79 Å². The molecule has 1 aromatic heterocycles. The summed E-state index contributed by atoms with van der Waals surface area (Å²) in [7, 11) is 0. The van der Waals surface area contributed by atoms with Crippen LogP contribution in [0.3, 0.4) is 0 Å². The lowest BCUT2D eigenvalue weighted by atomic mass is 10.1. The number of hydrogen-bond acceptors (Lipinski definition) is 3. The summed E-state index contributed by atoms with van der Waals surface area (Å²) >= 11 is 5.11. The maximum absolute atomic E-state index is 11.6. The molecule has 0 saturated heterocycles. The van der Waals surface area contributed by atoms with Gasteiger partial charge >= 0.3 is 0 Å². The summed E-state index contributed by atoms with van der Waals surface area (Å²) in [6.45, 7) is 2.75. The predicted octanol–water partition coefficient (Wildman–Crippen LogP) is 2.69. The Labute approximate surface area is 115 Å². The molecule has 1 atom stereocenters. The lowest BCUT2D eigenvalue weighted by molar-refractivity contribution is -0.122. The van der Waals surface area contributed by atoms with Gasteiger partial charge in [0.15, 0.2) is 0 Å². The van der Waals surface area contributed by atoms with Crippen LogP contribution in [-0.4, -0.2) is 18.5 Å². The van der Waals surface area contributed by atoms with E-state index in [-0.39, 0.29) is 11.9 Å². The molecule has 0 unspecified atom stereocenters. The van der Waals surface area contributed by atoms with Gasteiger partial charge in [0, 0.05) is 11.4 Å². The Morgan fingerprint density at radius 3 is 2.94 bits per heavy atom. The number of carbonyl (C=O) groups is 1. The SMILES string of the molecule is CCCC[C@H](N)C(=O)NCCc1ccc(Br)s1. The average molecular weight is 319 g/mol. The number of nitrogens with two attached hydrogens (primary N) is 1. The summed E-state index contributed by atoms with van der Waals surface area (Å²) in [6, 6.07) is 3.73.